The average Bonchev–Trinajstić information content (AvgIpc) is 3.04. The van der Waals surface area contributed by atoms with Crippen molar-refractivity contribution in [3.63, 3.8) is 0 Å². The summed E-state index contributed by atoms with van der Waals surface area (Å²) < 4.78 is 0. The molecule has 5 nitrogen and oxygen atoms in total. The number of carbonyl (C=O) groups excluding carboxylic acids is 1. The zero-order chi connectivity index (χ0) is 12.3. The summed E-state index contributed by atoms with van der Waals surface area (Å²) in [5.74, 6) is -0.806. The van der Waals surface area contributed by atoms with E-state index in [9.17, 15) is 9.59 Å². The molecule has 1 atom stereocenters. The second kappa shape index (κ2) is 4.72. The smallest absolute Gasteiger partial charge is 0.317 e. The van der Waals surface area contributed by atoms with E-state index in [1.165, 1.54) is 0 Å². The predicted octanol–water partition coefficient (Wildman–Crippen LogP) is 1.29. The predicted molar refractivity (Wildman–Crippen MR) is 60.2 cm³/mol. The van der Waals surface area contributed by atoms with Crippen molar-refractivity contribution in [2.24, 2.45) is 5.41 Å². The fourth-order valence-electron chi connectivity index (χ4n) is 1.46. The van der Waals surface area contributed by atoms with Crippen LogP contribution in [-0.2, 0) is 4.79 Å². The number of hydrogen-bond donors (Lipinski definition) is 2. The normalized spacial score (nSPS) is 18.7. The van der Waals surface area contributed by atoms with E-state index in [-0.39, 0.29) is 18.6 Å². The Labute approximate surface area is 95.8 Å². The number of carbonyl (C=O) groups is 2. The summed E-state index contributed by atoms with van der Waals surface area (Å²) in [6, 6.07) is -0.0261. The number of nitrogens with one attached hydrogen (secondary N) is 1. The van der Waals surface area contributed by atoms with Crippen LogP contribution in [0.4, 0.5) is 4.79 Å². The lowest BCUT2D eigenvalue weighted by atomic mass is 10.1. The highest BCUT2D eigenvalue weighted by Crippen LogP contribution is 2.45. The van der Waals surface area contributed by atoms with Crippen molar-refractivity contribution in [2.45, 2.75) is 39.2 Å². The molecule has 0 aromatic rings. The molecule has 1 saturated carbocycles. The van der Waals surface area contributed by atoms with Gasteiger partial charge in [0.1, 0.15) is 0 Å². The summed E-state index contributed by atoms with van der Waals surface area (Å²) in [5.41, 5.74) is -0.689. The third-order valence-electron chi connectivity index (χ3n) is 3.46. The van der Waals surface area contributed by atoms with Crippen molar-refractivity contribution in [3.05, 3.63) is 0 Å². The molecule has 1 unspecified atom stereocenters. The zero-order valence-corrected chi connectivity index (χ0v) is 10.1. The maximum absolute atomic E-state index is 11.7. The van der Waals surface area contributed by atoms with Gasteiger partial charge in [0, 0.05) is 19.6 Å². The lowest BCUT2D eigenvalue weighted by Crippen LogP contribution is -2.45. The molecule has 0 aromatic heterocycles. The van der Waals surface area contributed by atoms with Crippen molar-refractivity contribution < 1.29 is 14.7 Å². The lowest BCUT2D eigenvalue weighted by molar-refractivity contribution is -0.143. The molecule has 92 valence electrons. The Kier molecular flexibility index (Phi) is 3.78. The number of amides is 2. The lowest BCUT2D eigenvalue weighted by Gasteiger charge is -2.24. The largest absolute Gasteiger partial charge is 0.481 e. The van der Waals surface area contributed by atoms with Gasteiger partial charge in [-0.05, 0) is 26.2 Å². The Morgan fingerprint density at radius 1 is 1.50 bits per heavy atom. The Bertz CT molecular complexity index is 287. The van der Waals surface area contributed by atoms with Crippen molar-refractivity contribution in [1.29, 1.82) is 0 Å². The van der Waals surface area contributed by atoms with Crippen LogP contribution in [0.2, 0.25) is 0 Å². The molecule has 1 aliphatic rings. The minimum atomic E-state index is -0.806. The highest BCUT2D eigenvalue weighted by molar-refractivity contribution is 5.80. The van der Waals surface area contributed by atoms with Gasteiger partial charge < -0.3 is 15.3 Å². The van der Waals surface area contributed by atoms with Gasteiger partial charge in [-0.25, -0.2) is 4.79 Å². The first-order valence-corrected chi connectivity index (χ1v) is 5.67. The topological polar surface area (TPSA) is 69.6 Å². The van der Waals surface area contributed by atoms with E-state index >= 15 is 0 Å². The summed E-state index contributed by atoms with van der Waals surface area (Å²) in [6.07, 6.45) is 2.21. The average molecular weight is 228 g/mol. The Hall–Kier alpha value is -1.26. The first kappa shape index (κ1) is 12.8. The fraction of sp³-hybridized carbons (Fsp3) is 0.818. The molecule has 0 heterocycles. The SMILES string of the molecule is CCC(C)N(C)C(=O)NCC1(C(=O)O)CC1. The number of hydrogen-bond acceptors (Lipinski definition) is 2. The highest BCUT2D eigenvalue weighted by Gasteiger charge is 2.50. The van der Waals surface area contributed by atoms with Gasteiger partial charge in [-0.1, -0.05) is 6.92 Å². The van der Waals surface area contributed by atoms with Crippen molar-refractivity contribution in [3.8, 4) is 0 Å². The maximum atomic E-state index is 11.7. The summed E-state index contributed by atoms with van der Waals surface area (Å²) in [4.78, 5) is 24.2. The van der Waals surface area contributed by atoms with Gasteiger partial charge in [0.2, 0.25) is 0 Å². The maximum Gasteiger partial charge on any atom is 0.317 e. The van der Waals surface area contributed by atoms with Crippen LogP contribution >= 0.6 is 0 Å². The summed E-state index contributed by atoms with van der Waals surface area (Å²) in [5, 5.41) is 11.6. The second-order valence-electron chi connectivity index (χ2n) is 4.61. The van der Waals surface area contributed by atoms with E-state index in [1.807, 2.05) is 13.8 Å². The number of aliphatic carboxylic acids is 1. The minimum Gasteiger partial charge on any atom is -0.481 e. The molecule has 1 aliphatic carbocycles. The third-order valence-corrected chi connectivity index (χ3v) is 3.46. The van der Waals surface area contributed by atoms with Gasteiger partial charge in [0.05, 0.1) is 5.41 Å². The number of carboxylic acids is 1. The molecule has 5 heteroatoms. The number of urea groups is 1. The van der Waals surface area contributed by atoms with Crippen LogP contribution in [0.25, 0.3) is 0 Å². The molecule has 0 saturated heterocycles. The molecule has 0 radical (unpaired) electrons. The van der Waals surface area contributed by atoms with E-state index in [0.29, 0.717) is 12.8 Å². The van der Waals surface area contributed by atoms with E-state index < -0.39 is 11.4 Å². The molecule has 2 amide bonds. The molecule has 0 bridgehead atoms. The molecule has 0 aliphatic heterocycles. The summed E-state index contributed by atoms with van der Waals surface area (Å²) in [7, 11) is 1.73. The first-order valence-electron chi connectivity index (χ1n) is 5.67. The Balaban J connectivity index is 2.38. The van der Waals surface area contributed by atoms with Gasteiger partial charge >= 0.3 is 12.0 Å². The number of carboxylic acid groups (broad SMARTS) is 1. The van der Waals surface area contributed by atoms with Crippen LogP contribution < -0.4 is 5.32 Å². The first-order chi connectivity index (χ1) is 7.43. The van der Waals surface area contributed by atoms with Gasteiger partial charge in [0.15, 0.2) is 0 Å². The zero-order valence-electron chi connectivity index (χ0n) is 10.1. The standard InChI is InChI=1S/C11H20N2O3/c1-4-8(2)13(3)10(16)12-7-11(5-6-11)9(14)15/h8H,4-7H2,1-3H3,(H,12,16)(H,14,15). The Morgan fingerprint density at radius 3 is 2.44 bits per heavy atom. The van der Waals surface area contributed by atoms with E-state index in [0.717, 1.165) is 6.42 Å². The third kappa shape index (κ3) is 2.65. The quantitative estimate of drug-likeness (QED) is 0.745. The van der Waals surface area contributed by atoms with Gasteiger partial charge in [-0.15, -0.1) is 0 Å². The van der Waals surface area contributed by atoms with E-state index in [1.54, 1.807) is 11.9 Å². The van der Waals surface area contributed by atoms with E-state index in [2.05, 4.69) is 5.32 Å². The molecular weight excluding hydrogens is 208 g/mol. The molecule has 1 fully saturated rings. The molecule has 2 N–H and O–H groups in total. The van der Waals surface area contributed by atoms with Crippen LogP contribution in [-0.4, -0.2) is 41.6 Å². The number of nitrogens with zero attached hydrogens (tertiary/aromatic N) is 1. The monoisotopic (exact) mass is 228 g/mol. The fourth-order valence-corrected chi connectivity index (χ4v) is 1.46. The van der Waals surface area contributed by atoms with Crippen LogP contribution in [0.5, 0.6) is 0 Å². The van der Waals surface area contributed by atoms with Crippen LogP contribution in [0.1, 0.15) is 33.1 Å². The molecule has 0 aromatic carbocycles. The minimum absolute atomic E-state index is 0.167. The van der Waals surface area contributed by atoms with Crippen molar-refractivity contribution in [2.75, 3.05) is 13.6 Å². The molecule has 16 heavy (non-hydrogen) atoms. The van der Waals surface area contributed by atoms with E-state index in [4.69, 9.17) is 5.11 Å². The van der Waals surface area contributed by atoms with Gasteiger partial charge in [-0.2, -0.15) is 0 Å². The molecule has 0 spiro atoms. The van der Waals surface area contributed by atoms with Crippen LogP contribution in [0, 0.1) is 5.41 Å². The van der Waals surface area contributed by atoms with Gasteiger partial charge in [-0.3, -0.25) is 4.79 Å². The van der Waals surface area contributed by atoms with Crippen molar-refractivity contribution >= 4 is 12.0 Å². The van der Waals surface area contributed by atoms with Gasteiger partial charge in [0.25, 0.3) is 0 Å². The second-order valence-corrected chi connectivity index (χ2v) is 4.61. The molecular formula is C11H20N2O3. The van der Waals surface area contributed by atoms with Crippen LogP contribution in [0.15, 0.2) is 0 Å². The van der Waals surface area contributed by atoms with Crippen molar-refractivity contribution in [1.82, 2.24) is 10.2 Å². The molecule has 1 rings (SSSR count). The summed E-state index contributed by atoms with van der Waals surface area (Å²) in [6.45, 7) is 4.21. The Morgan fingerprint density at radius 2 is 2.06 bits per heavy atom. The highest BCUT2D eigenvalue weighted by atomic mass is 16.4. The summed E-state index contributed by atoms with van der Waals surface area (Å²) >= 11 is 0. The van der Waals surface area contributed by atoms with Crippen LogP contribution in [0.3, 0.4) is 0 Å². The number of rotatable bonds is 5.